The maximum Gasteiger partial charge on any atom is 0.307 e. The van der Waals surface area contributed by atoms with Crippen LogP contribution in [0.4, 0.5) is 0 Å². The largest absolute Gasteiger partial charge is 0.465 e. The molecule has 0 spiro atoms. The Balaban J connectivity index is 1.60. The van der Waals surface area contributed by atoms with Crippen molar-refractivity contribution in [2.24, 2.45) is 5.41 Å². The lowest BCUT2D eigenvalue weighted by molar-refractivity contribution is -0.165. The van der Waals surface area contributed by atoms with Crippen LogP contribution in [0.25, 0.3) is 0 Å². The van der Waals surface area contributed by atoms with Crippen LogP contribution < -0.4 is 5.32 Å². The number of hydrogen-bond donors (Lipinski definition) is 1. The molecule has 0 atom stereocenters. The molecule has 1 aromatic heterocycles. The zero-order chi connectivity index (χ0) is 13.7. The number of nitrogens with one attached hydrogen (secondary N) is 1. The predicted molar refractivity (Wildman–Crippen MR) is 71.2 cm³/mol. The van der Waals surface area contributed by atoms with Crippen molar-refractivity contribution in [1.82, 2.24) is 5.32 Å². The number of carbonyl (C=O) groups excluding carboxylic acids is 2. The Hall–Kier alpha value is -1.40. The van der Waals surface area contributed by atoms with Gasteiger partial charge < -0.3 is 14.8 Å². The molecule has 19 heavy (non-hydrogen) atoms. The minimum atomic E-state index is -0.293. The van der Waals surface area contributed by atoms with Crippen LogP contribution in [-0.4, -0.2) is 38.2 Å². The summed E-state index contributed by atoms with van der Waals surface area (Å²) in [6.45, 7) is 3.96. The van der Waals surface area contributed by atoms with Gasteiger partial charge >= 0.3 is 5.97 Å². The monoisotopic (exact) mass is 283 g/mol. The van der Waals surface area contributed by atoms with Crippen molar-refractivity contribution in [3.05, 3.63) is 22.4 Å². The summed E-state index contributed by atoms with van der Waals surface area (Å²) in [7, 11) is 0. The third kappa shape index (κ3) is 4.04. The number of thiophene rings is 1. The highest BCUT2D eigenvalue weighted by Gasteiger charge is 2.34. The smallest absolute Gasteiger partial charge is 0.307 e. The fourth-order valence-electron chi connectivity index (χ4n) is 1.63. The van der Waals surface area contributed by atoms with Crippen LogP contribution in [-0.2, 0) is 14.3 Å². The lowest BCUT2D eigenvalue weighted by Crippen LogP contribution is -2.44. The Bertz CT molecular complexity index is 440. The highest BCUT2D eigenvalue weighted by Crippen LogP contribution is 2.26. The van der Waals surface area contributed by atoms with E-state index in [1.807, 2.05) is 12.3 Å². The molecule has 5 nitrogen and oxygen atoms in total. The van der Waals surface area contributed by atoms with Crippen molar-refractivity contribution < 1.29 is 19.1 Å². The molecule has 1 amide bonds. The van der Waals surface area contributed by atoms with E-state index in [4.69, 9.17) is 9.47 Å². The normalized spacial score (nSPS) is 16.5. The first-order valence-corrected chi connectivity index (χ1v) is 7.07. The SMILES string of the molecule is CC1(COC(=O)CCNC(=O)c2ccsc2)COC1. The second-order valence-corrected chi connectivity index (χ2v) is 5.76. The maximum atomic E-state index is 11.6. The highest BCUT2D eigenvalue weighted by molar-refractivity contribution is 7.08. The Morgan fingerprint density at radius 3 is 2.89 bits per heavy atom. The van der Waals surface area contributed by atoms with Gasteiger partial charge in [-0.05, 0) is 11.4 Å². The molecule has 1 aliphatic heterocycles. The van der Waals surface area contributed by atoms with Gasteiger partial charge in [0.15, 0.2) is 0 Å². The van der Waals surface area contributed by atoms with Crippen molar-refractivity contribution in [2.45, 2.75) is 13.3 Å². The van der Waals surface area contributed by atoms with Crippen LogP contribution in [0, 0.1) is 5.41 Å². The van der Waals surface area contributed by atoms with Crippen LogP contribution in [0.1, 0.15) is 23.7 Å². The van der Waals surface area contributed by atoms with E-state index in [0.717, 1.165) is 0 Å². The summed E-state index contributed by atoms with van der Waals surface area (Å²) in [5.74, 6) is -0.452. The molecular weight excluding hydrogens is 266 g/mol. The first-order chi connectivity index (χ1) is 9.09. The van der Waals surface area contributed by atoms with Gasteiger partial charge in [0, 0.05) is 22.9 Å². The summed E-state index contributed by atoms with van der Waals surface area (Å²) >= 11 is 1.46. The maximum absolute atomic E-state index is 11.6. The number of hydrogen-bond acceptors (Lipinski definition) is 5. The lowest BCUT2D eigenvalue weighted by atomic mass is 9.90. The van der Waals surface area contributed by atoms with Crippen LogP contribution in [0.2, 0.25) is 0 Å². The number of amides is 1. The minimum absolute atomic E-state index is 0.0322. The predicted octanol–water partition coefficient (Wildman–Crippen LogP) is 1.45. The molecule has 6 heteroatoms. The Kier molecular flexibility index (Phi) is 4.55. The van der Waals surface area contributed by atoms with E-state index in [1.54, 1.807) is 11.4 Å². The molecule has 104 valence electrons. The van der Waals surface area contributed by atoms with Gasteiger partial charge in [0.1, 0.15) is 6.61 Å². The number of esters is 1. The topological polar surface area (TPSA) is 64.6 Å². The average Bonchev–Trinajstić information content (AvgIpc) is 2.87. The van der Waals surface area contributed by atoms with Crippen LogP contribution in [0.3, 0.4) is 0 Å². The summed E-state index contributed by atoms with van der Waals surface area (Å²) in [6.07, 6.45) is 0.187. The van der Waals surface area contributed by atoms with Crippen molar-refractivity contribution in [3.8, 4) is 0 Å². The van der Waals surface area contributed by atoms with Gasteiger partial charge in [0.25, 0.3) is 5.91 Å². The first kappa shape index (κ1) is 14.0. The molecule has 0 unspecified atom stereocenters. The molecule has 2 heterocycles. The Labute approximate surface area is 115 Å². The number of ether oxygens (including phenoxy) is 2. The standard InChI is InChI=1S/C13H17NO4S/c1-13(7-17-8-13)9-18-11(15)2-4-14-12(16)10-3-5-19-6-10/h3,5-6H,2,4,7-9H2,1H3,(H,14,16). The van der Waals surface area contributed by atoms with Crippen molar-refractivity contribution in [1.29, 1.82) is 0 Å². The van der Waals surface area contributed by atoms with Crippen LogP contribution in [0.5, 0.6) is 0 Å². The molecule has 0 aliphatic carbocycles. The first-order valence-electron chi connectivity index (χ1n) is 6.13. The molecule has 1 aliphatic rings. The second kappa shape index (κ2) is 6.16. The van der Waals surface area contributed by atoms with Gasteiger partial charge in [-0.25, -0.2) is 0 Å². The van der Waals surface area contributed by atoms with Gasteiger partial charge in [0.05, 0.1) is 19.6 Å². The van der Waals surface area contributed by atoms with E-state index < -0.39 is 0 Å². The van der Waals surface area contributed by atoms with Gasteiger partial charge in [-0.2, -0.15) is 11.3 Å². The summed E-state index contributed by atoms with van der Waals surface area (Å²) in [5, 5.41) is 6.29. The molecule has 1 fully saturated rings. The zero-order valence-electron chi connectivity index (χ0n) is 10.8. The number of rotatable bonds is 6. The van der Waals surface area contributed by atoms with Gasteiger partial charge in [0.2, 0.25) is 0 Å². The van der Waals surface area contributed by atoms with E-state index in [1.165, 1.54) is 11.3 Å². The van der Waals surface area contributed by atoms with Gasteiger partial charge in [-0.3, -0.25) is 9.59 Å². The molecular formula is C13H17NO4S. The molecule has 1 aromatic rings. The Morgan fingerprint density at radius 1 is 1.53 bits per heavy atom. The van der Waals surface area contributed by atoms with E-state index in [0.29, 0.717) is 31.9 Å². The fourth-order valence-corrected chi connectivity index (χ4v) is 2.27. The molecule has 0 radical (unpaired) electrons. The second-order valence-electron chi connectivity index (χ2n) is 4.98. The molecule has 0 saturated carbocycles. The van der Waals surface area contributed by atoms with Crippen molar-refractivity contribution >= 4 is 23.2 Å². The molecule has 0 aromatic carbocycles. The highest BCUT2D eigenvalue weighted by atomic mass is 32.1. The third-order valence-electron chi connectivity index (χ3n) is 2.88. The van der Waals surface area contributed by atoms with Crippen molar-refractivity contribution in [3.63, 3.8) is 0 Å². The summed E-state index contributed by atoms with van der Waals surface area (Å²) in [5.41, 5.74) is 0.591. The van der Waals surface area contributed by atoms with E-state index in [9.17, 15) is 9.59 Å². The molecule has 1 saturated heterocycles. The summed E-state index contributed by atoms with van der Waals surface area (Å²) in [6, 6.07) is 1.75. The van der Waals surface area contributed by atoms with Crippen molar-refractivity contribution in [2.75, 3.05) is 26.4 Å². The minimum Gasteiger partial charge on any atom is -0.465 e. The molecule has 2 rings (SSSR count). The van der Waals surface area contributed by atoms with E-state index in [2.05, 4.69) is 5.32 Å². The zero-order valence-corrected chi connectivity index (χ0v) is 11.6. The summed E-state index contributed by atoms with van der Waals surface area (Å²) < 4.78 is 10.2. The third-order valence-corrected chi connectivity index (χ3v) is 3.56. The van der Waals surface area contributed by atoms with E-state index in [-0.39, 0.29) is 23.7 Å². The Morgan fingerprint density at radius 2 is 2.32 bits per heavy atom. The number of carbonyl (C=O) groups is 2. The molecule has 1 N–H and O–H groups in total. The van der Waals surface area contributed by atoms with E-state index >= 15 is 0 Å². The quantitative estimate of drug-likeness (QED) is 0.803. The van der Waals surface area contributed by atoms with Gasteiger partial charge in [-0.1, -0.05) is 6.92 Å². The lowest BCUT2D eigenvalue weighted by Gasteiger charge is -2.37. The summed E-state index contributed by atoms with van der Waals surface area (Å²) in [4.78, 5) is 23.1. The van der Waals surface area contributed by atoms with Crippen LogP contribution >= 0.6 is 11.3 Å². The fraction of sp³-hybridized carbons (Fsp3) is 0.538. The molecule has 0 bridgehead atoms. The average molecular weight is 283 g/mol. The van der Waals surface area contributed by atoms with Gasteiger partial charge in [-0.15, -0.1) is 0 Å². The van der Waals surface area contributed by atoms with Crippen LogP contribution in [0.15, 0.2) is 16.8 Å².